The minimum Gasteiger partial charge on any atom is -0.460 e. The van der Waals surface area contributed by atoms with Crippen LogP contribution in [-0.4, -0.2) is 78.8 Å². The first kappa shape index (κ1) is 33.5. The average molecular weight is 657 g/mol. The Morgan fingerprint density at radius 3 is 2.33 bits per heavy atom. The second-order valence-electron chi connectivity index (χ2n) is 11.8. The van der Waals surface area contributed by atoms with Crippen LogP contribution in [0.3, 0.4) is 0 Å². The number of hydrogen-bond donors (Lipinski definition) is 0. The van der Waals surface area contributed by atoms with Crippen molar-refractivity contribution in [3.8, 4) is 0 Å². The van der Waals surface area contributed by atoms with Crippen molar-refractivity contribution in [2.24, 2.45) is 0 Å². The zero-order valence-electron chi connectivity index (χ0n) is 25.1. The Morgan fingerprint density at radius 1 is 1.00 bits per heavy atom. The van der Waals surface area contributed by atoms with E-state index in [1.807, 2.05) is 0 Å². The van der Waals surface area contributed by atoms with Crippen molar-refractivity contribution in [2.75, 3.05) is 44.7 Å². The summed E-state index contributed by atoms with van der Waals surface area (Å²) in [6.45, 7) is 2.56. The number of hydrogen-bond acceptors (Lipinski definition) is 7. The van der Waals surface area contributed by atoms with Gasteiger partial charge in [0.25, 0.3) is 5.69 Å². The van der Waals surface area contributed by atoms with Gasteiger partial charge < -0.3 is 19.0 Å². The minimum atomic E-state index is -4.85. The molecule has 1 aliphatic carbocycles. The molecule has 1 saturated carbocycles. The molecule has 2 aliphatic rings. The number of halogens is 6. The number of rotatable bonds is 9. The quantitative estimate of drug-likeness (QED) is 0.146. The molecule has 5 rings (SSSR count). The Hall–Kier alpha value is -3.85. The van der Waals surface area contributed by atoms with Gasteiger partial charge in [-0.05, 0) is 61.6 Å². The zero-order valence-corrected chi connectivity index (χ0v) is 25.1. The van der Waals surface area contributed by atoms with E-state index in [4.69, 9.17) is 9.15 Å². The smallest absolute Gasteiger partial charge is 0.423 e. The summed E-state index contributed by atoms with van der Waals surface area (Å²) < 4.78 is 90.2. The molecule has 15 heteroatoms. The van der Waals surface area contributed by atoms with Gasteiger partial charge in [0.15, 0.2) is 0 Å². The molecule has 0 spiro atoms. The van der Waals surface area contributed by atoms with Gasteiger partial charge in [0.2, 0.25) is 5.91 Å². The Morgan fingerprint density at radius 2 is 1.70 bits per heavy atom. The van der Waals surface area contributed by atoms with Crippen molar-refractivity contribution >= 4 is 28.3 Å². The lowest BCUT2D eigenvalue weighted by molar-refractivity contribution is -0.388. The van der Waals surface area contributed by atoms with Gasteiger partial charge in [-0.25, -0.2) is 0 Å². The Kier molecular flexibility index (Phi) is 9.82. The summed E-state index contributed by atoms with van der Waals surface area (Å²) in [5, 5.41) is 11.7. The number of piperazine rings is 1. The van der Waals surface area contributed by atoms with Gasteiger partial charge in [0, 0.05) is 56.4 Å². The lowest BCUT2D eigenvalue weighted by Gasteiger charge is -2.37. The molecule has 1 amide bonds. The van der Waals surface area contributed by atoms with E-state index < -0.39 is 34.9 Å². The van der Waals surface area contributed by atoms with E-state index in [9.17, 15) is 41.3 Å². The van der Waals surface area contributed by atoms with E-state index in [2.05, 4.69) is 4.90 Å². The number of carbonyl (C=O) groups excluding carboxylic acids is 1. The zero-order chi connectivity index (χ0) is 33.2. The Labute approximate surface area is 260 Å². The fourth-order valence-electron chi connectivity index (χ4n) is 6.16. The molecule has 0 radical (unpaired) electrons. The summed E-state index contributed by atoms with van der Waals surface area (Å²) in [5.41, 5.74) is -1.33. The number of benzene rings is 2. The Bertz CT molecular complexity index is 1540. The highest BCUT2D eigenvalue weighted by Gasteiger charge is 2.39. The summed E-state index contributed by atoms with van der Waals surface area (Å²) in [4.78, 5) is 28.4. The number of anilines is 1. The molecule has 46 heavy (non-hydrogen) atoms. The maximum Gasteiger partial charge on any atom is 0.423 e. The van der Waals surface area contributed by atoms with Crippen molar-refractivity contribution in [2.45, 2.75) is 63.1 Å². The second kappa shape index (κ2) is 13.5. The van der Waals surface area contributed by atoms with Crippen molar-refractivity contribution in [1.29, 1.82) is 0 Å². The third kappa shape index (κ3) is 8.29. The van der Waals surface area contributed by atoms with Crippen LogP contribution < -0.4 is 4.90 Å². The monoisotopic (exact) mass is 656 g/mol. The van der Waals surface area contributed by atoms with E-state index in [-0.39, 0.29) is 35.9 Å². The van der Waals surface area contributed by atoms with Crippen molar-refractivity contribution in [3.63, 3.8) is 0 Å². The first-order chi connectivity index (χ1) is 21.7. The number of alkyl halides is 6. The minimum absolute atomic E-state index is 0.0771. The summed E-state index contributed by atoms with van der Waals surface area (Å²) in [7, 11) is 1.67. The summed E-state index contributed by atoms with van der Waals surface area (Å²) in [6.07, 6.45) is -7.82. The number of furan rings is 1. The van der Waals surface area contributed by atoms with Gasteiger partial charge in [-0.3, -0.25) is 19.8 Å². The molecule has 1 saturated heterocycles. The predicted molar refractivity (Wildman–Crippen MR) is 156 cm³/mol. The van der Waals surface area contributed by atoms with Crippen LogP contribution in [0.5, 0.6) is 0 Å². The molecular weight excluding hydrogens is 622 g/mol. The highest BCUT2D eigenvalue weighted by atomic mass is 19.4. The highest BCUT2D eigenvalue weighted by molar-refractivity contribution is 5.79. The third-order valence-electron chi connectivity index (χ3n) is 8.66. The van der Waals surface area contributed by atoms with Gasteiger partial charge in [0.1, 0.15) is 23.5 Å². The molecular formula is C31H34F6N4O5. The molecule has 0 N–H and O–H groups in total. The van der Waals surface area contributed by atoms with Gasteiger partial charge in [-0.2, -0.15) is 26.3 Å². The molecule has 0 atom stereocenters. The first-order valence-electron chi connectivity index (χ1n) is 14.9. The van der Waals surface area contributed by atoms with Crippen LogP contribution in [0.4, 0.5) is 37.7 Å². The van der Waals surface area contributed by atoms with Gasteiger partial charge in [-0.15, -0.1) is 0 Å². The highest BCUT2D eigenvalue weighted by Crippen LogP contribution is 2.39. The Balaban J connectivity index is 1.05. The maximum absolute atomic E-state index is 13.4. The largest absolute Gasteiger partial charge is 0.460 e. The molecule has 9 nitrogen and oxygen atoms in total. The number of nitro groups is 1. The fourth-order valence-corrected chi connectivity index (χ4v) is 6.16. The molecule has 3 aromatic rings. The van der Waals surface area contributed by atoms with Crippen LogP contribution in [0.1, 0.15) is 42.6 Å². The fraction of sp³-hybridized carbons (Fsp3) is 0.516. The molecule has 0 unspecified atom stereocenters. The van der Waals surface area contributed by atoms with E-state index in [0.29, 0.717) is 75.1 Å². The number of carbonyl (C=O) groups is 1. The van der Waals surface area contributed by atoms with E-state index in [1.165, 1.54) is 18.2 Å². The van der Waals surface area contributed by atoms with Gasteiger partial charge >= 0.3 is 12.4 Å². The molecule has 0 bridgehead atoms. The second-order valence-corrected chi connectivity index (χ2v) is 11.8. The molecule has 2 fully saturated rings. The molecule has 1 aromatic heterocycles. The van der Waals surface area contributed by atoms with Crippen molar-refractivity contribution in [3.05, 3.63) is 69.5 Å². The van der Waals surface area contributed by atoms with E-state index in [1.54, 1.807) is 29.0 Å². The lowest BCUT2D eigenvalue weighted by atomic mass is 9.91. The molecule has 250 valence electrons. The first-order valence-corrected chi connectivity index (χ1v) is 14.9. The van der Waals surface area contributed by atoms with Crippen LogP contribution in [-0.2, 0) is 28.7 Å². The van der Waals surface area contributed by atoms with Crippen LogP contribution in [0.2, 0.25) is 0 Å². The molecule has 2 heterocycles. The lowest BCUT2D eigenvalue weighted by Crippen LogP contribution is -2.49. The summed E-state index contributed by atoms with van der Waals surface area (Å²) >= 11 is 0. The number of fused-ring (bicyclic) bond motifs is 1. The van der Waals surface area contributed by atoms with E-state index >= 15 is 0 Å². The van der Waals surface area contributed by atoms with Crippen LogP contribution in [0.15, 0.2) is 46.9 Å². The van der Waals surface area contributed by atoms with Crippen LogP contribution in [0, 0.1) is 10.1 Å². The third-order valence-corrected chi connectivity index (χ3v) is 8.66. The van der Waals surface area contributed by atoms with Crippen molar-refractivity contribution in [1.82, 2.24) is 9.80 Å². The maximum atomic E-state index is 13.4. The predicted octanol–water partition coefficient (Wildman–Crippen LogP) is 6.57. The topological polar surface area (TPSA) is 92.3 Å². The van der Waals surface area contributed by atoms with Gasteiger partial charge in [-0.1, -0.05) is 6.07 Å². The molecule has 1 aliphatic heterocycles. The van der Waals surface area contributed by atoms with E-state index in [0.717, 1.165) is 12.1 Å². The average Bonchev–Trinajstić information content (AvgIpc) is 3.40. The van der Waals surface area contributed by atoms with Crippen molar-refractivity contribution < 1.29 is 45.2 Å². The van der Waals surface area contributed by atoms with Crippen LogP contribution >= 0.6 is 0 Å². The standard InChI is InChI=1S/C31H34F6N4O5/c1-38(23-5-8-27(41(43)44)26(16-23)31(35,36)37)22-3-6-24(7-4-22)45-19-29(42)40-12-10-39(11-13-40)18-25-15-21-14-20(17-30(32,33)34)2-9-28(21)46-25/h2,5,8-9,14-16,22,24H,3-4,6-7,10-13,17-19H2,1H3. The van der Waals surface area contributed by atoms with Crippen LogP contribution in [0.25, 0.3) is 11.0 Å². The molecule has 2 aromatic carbocycles. The number of ether oxygens (including phenoxy) is 1. The number of amides is 1. The summed E-state index contributed by atoms with van der Waals surface area (Å²) in [6, 6.07) is 9.13. The normalized spacial score (nSPS) is 19.8. The van der Waals surface area contributed by atoms with Gasteiger partial charge in [0.05, 0.1) is 24.0 Å². The SMILES string of the molecule is CN(c1ccc([N+](=O)[O-])c(C(F)(F)F)c1)C1CCC(OCC(=O)N2CCN(Cc3cc4cc(CC(F)(F)F)ccc4o3)CC2)CC1. The number of nitro benzene ring substituents is 1. The number of nitrogens with zero attached hydrogens (tertiary/aromatic N) is 4. The summed E-state index contributed by atoms with van der Waals surface area (Å²) in [5.74, 6) is 0.503.